The quantitative estimate of drug-likeness (QED) is 0.305. The normalized spacial score (nSPS) is 11.2. The van der Waals surface area contributed by atoms with Gasteiger partial charge in [-0.3, -0.25) is 4.79 Å². The molecule has 0 fully saturated rings. The molecule has 10 nitrogen and oxygen atoms in total. The lowest BCUT2D eigenvalue weighted by molar-refractivity contribution is 0.0996. The van der Waals surface area contributed by atoms with Crippen molar-refractivity contribution in [2.45, 2.75) is 11.5 Å². The Morgan fingerprint density at radius 2 is 1.60 bits per heavy atom. The van der Waals surface area contributed by atoms with Gasteiger partial charge in [0.2, 0.25) is 0 Å². The van der Waals surface area contributed by atoms with Crippen molar-refractivity contribution in [1.82, 2.24) is 4.83 Å². The fraction of sp³-hybridized carbons (Fsp3) is 0.167. The van der Waals surface area contributed by atoms with E-state index >= 15 is 0 Å². The van der Waals surface area contributed by atoms with Crippen LogP contribution in [0.2, 0.25) is 0 Å². The molecular weight excluding hydrogens is 474 g/mol. The largest absolute Gasteiger partial charge is 0.496 e. The molecule has 0 aliphatic heterocycles. The predicted molar refractivity (Wildman–Crippen MR) is 130 cm³/mol. The zero-order valence-corrected chi connectivity index (χ0v) is 20.2. The van der Waals surface area contributed by atoms with E-state index in [-0.39, 0.29) is 22.8 Å². The molecule has 0 bridgehead atoms. The average Bonchev–Trinajstić information content (AvgIpc) is 2.87. The van der Waals surface area contributed by atoms with E-state index in [9.17, 15) is 13.2 Å². The SMILES string of the molecule is COc1ccc(C=NNS(=O)(=O)c2ccc(OC)c(OC)c2)cc1COc1ccccc1C(N)=O. The Balaban J connectivity index is 1.76. The third kappa shape index (κ3) is 6.21. The van der Waals surface area contributed by atoms with Gasteiger partial charge in [0.1, 0.15) is 18.1 Å². The molecule has 184 valence electrons. The third-order valence-corrected chi connectivity index (χ3v) is 6.11. The fourth-order valence-electron chi connectivity index (χ4n) is 3.15. The van der Waals surface area contributed by atoms with Crippen molar-refractivity contribution < 1.29 is 32.2 Å². The molecule has 0 atom stereocenters. The van der Waals surface area contributed by atoms with Gasteiger partial charge in [-0.1, -0.05) is 12.1 Å². The van der Waals surface area contributed by atoms with E-state index in [1.54, 1.807) is 42.5 Å². The second kappa shape index (κ2) is 11.3. The maximum absolute atomic E-state index is 12.6. The summed E-state index contributed by atoms with van der Waals surface area (Å²) in [5.74, 6) is 0.960. The first-order valence-corrected chi connectivity index (χ1v) is 11.7. The molecule has 0 aliphatic carbocycles. The summed E-state index contributed by atoms with van der Waals surface area (Å²) in [6.45, 7) is 0.0759. The van der Waals surface area contributed by atoms with Crippen molar-refractivity contribution in [3.8, 4) is 23.0 Å². The number of nitrogens with one attached hydrogen (secondary N) is 1. The molecule has 0 aromatic heterocycles. The van der Waals surface area contributed by atoms with Gasteiger partial charge in [-0.2, -0.15) is 13.5 Å². The van der Waals surface area contributed by atoms with Crippen molar-refractivity contribution in [2.24, 2.45) is 10.8 Å². The third-order valence-electron chi connectivity index (χ3n) is 4.89. The number of para-hydroxylation sites is 1. The Bertz CT molecular complexity index is 1340. The minimum Gasteiger partial charge on any atom is -0.496 e. The molecule has 0 saturated heterocycles. The predicted octanol–water partition coefficient (Wildman–Crippen LogP) is 2.70. The van der Waals surface area contributed by atoms with Crippen LogP contribution in [0.1, 0.15) is 21.5 Å². The zero-order chi connectivity index (χ0) is 25.4. The van der Waals surface area contributed by atoms with Crippen molar-refractivity contribution >= 4 is 22.1 Å². The summed E-state index contributed by atoms with van der Waals surface area (Å²) in [5, 5.41) is 3.86. The average molecular weight is 500 g/mol. The van der Waals surface area contributed by atoms with Crippen LogP contribution in [0.3, 0.4) is 0 Å². The minimum absolute atomic E-state index is 0.0377. The topological polar surface area (TPSA) is 139 Å². The summed E-state index contributed by atoms with van der Waals surface area (Å²) in [6, 6.07) is 16.0. The summed E-state index contributed by atoms with van der Waals surface area (Å²) in [4.78, 5) is 13.7. The highest BCUT2D eigenvalue weighted by Crippen LogP contribution is 2.29. The van der Waals surface area contributed by atoms with Crippen LogP contribution in [0.15, 0.2) is 70.7 Å². The number of hydrazone groups is 1. The van der Waals surface area contributed by atoms with Crippen molar-refractivity contribution in [2.75, 3.05) is 21.3 Å². The number of nitrogens with two attached hydrogens (primary N) is 1. The number of rotatable bonds is 11. The van der Waals surface area contributed by atoms with E-state index in [4.69, 9.17) is 24.7 Å². The number of carbonyl (C=O) groups is 1. The standard InChI is InChI=1S/C24H25N3O7S/c1-31-20-10-8-16(12-17(20)15-34-21-7-5-4-6-19(21)24(25)28)14-26-27-35(29,30)18-9-11-22(32-2)23(13-18)33-3/h4-14,27H,15H2,1-3H3,(H2,25,28). The van der Waals surface area contributed by atoms with Crippen molar-refractivity contribution in [1.29, 1.82) is 0 Å². The lowest BCUT2D eigenvalue weighted by atomic mass is 10.1. The number of hydrogen-bond acceptors (Lipinski definition) is 8. The summed E-state index contributed by atoms with van der Waals surface area (Å²) < 4.78 is 46.6. The highest BCUT2D eigenvalue weighted by Gasteiger charge is 2.16. The van der Waals surface area contributed by atoms with Gasteiger partial charge in [-0.05, 0) is 48.0 Å². The molecule has 3 aromatic rings. The van der Waals surface area contributed by atoms with E-state index < -0.39 is 15.9 Å². The van der Waals surface area contributed by atoms with Crippen molar-refractivity contribution in [3.05, 3.63) is 77.4 Å². The van der Waals surface area contributed by atoms with Crippen LogP contribution < -0.4 is 29.5 Å². The first kappa shape index (κ1) is 25.4. The maximum Gasteiger partial charge on any atom is 0.276 e. The summed E-state index contributed by atoms with van der Waals surface area (Å²) in [6.07, 6.45) is 1.35. The molecule has 0 saturated carbocycles. The molecule has 35 heavy (non-hydrogen) atoms. The van der Waals surface area contributed by atoms with Crippen LogP contribution in [-0.4, -0.2) is 41.9 Å². The number of benzene rings is 3. The van der Waals surface area contributed by atoms with E-state index in [1.165, 1.54) is 45.7 Å². The smallest absolute Gasteiger partial charge is 0.276 e. The number of amides is 1. The summed E-state index contributed by atoms with van der Waals surface area (Å²) in [7, 11) is 0.440. The Kier molecular flexibility index (Phi) is 8.16. The first-order valence-electron chi connectivity index (χ1n) is 10.2. The lowest BCUT2D eigenvalue weighted by Crippen LogP contribution is -2.18. The maximum atomic E-state index is 12.6. The monoisotopic (exact) mass is 499 g/mol. The molecule has 0 spiro atoms. The van der Waals surface area contributed by atoms with E-state index in [0.717, 1.165) is 0 Å². The Morgan fingerprint density at radius 1 is 0.914 bits per heavy atom. The van der Waals surface area contributed by atoms with Gasteiger partial charge in [-0.15, -0.1) is 0 Å². The highest BCUT2D eigenvalue weighted by atomic mass is 32.2. The number of hydrogen-bond donors (Lipinski definition) is 2. The van der Waals surface area contributed by atoms with Gasteiger partial charge in [0.05, 0.1) is 38.0 Å². The fourth-order valence-corrected chi connectivity index (χ4v) is 3.96. The van der Waals surface area contributed by atoms with Gasteiger partial charge in [0.25, 0.3) is 15.9 Å². The number of methoxy groups -OCH3 is 3. The summed E-state index contributed by atoms with van der Waals surface area (Å²) >= 11 is 0. The zero-order valence-electron chi connectivity index (χ0n) is 19.3. The first-order chi connectivity index (χ1) is 16.8. The van der Waals surface area contributed by atoms with E-state index in [2.05, 4.69) is 9.93 Å². The van der Waals surface area contributed by atoms with Crippen LogP contribution in [0, 0.1) is 0 Å². The molecule has 0 aliphatic rings. The molecular formula is C24H25N3O7S. The van der Waals surface area contributed by atoms with E-state index in [1.807, 2.05) is 0 Å². The summed E-state index contributed by atoms with van der Waals surface area (Å²) in [5.41, 5.74) is 6.89. The molecule has 3 N–H and O–H groups in total. The van der Waals surface area contributed by atoms with Crippen LogP contribution in [-0.2, 0) is 16.6 Å². The molecule has 3 rings (SSSR count). The van der Waals surface area contributed by atoms with Gasteiger partial charge >= 0.3 is 0 Å². The second-order valence-corrected chi connectivity index (χ2v) is 8.75. The second-order valence-electron chi connectivity index (χ2n) is 7.09. The van der Waals surface area contributed by atoms with Crippen LogP contribution in [0.5, 0.6) is 23.0 Å². The van der Waals surface area contributed by atoms with Crippen LogP contribution >= 0.6 is 0 Å². The molecule has 11 heteroatoms. The molecule has 1 amide bonds. The Morgan fingerprint density at radius 3 is 2.29 bits per heavy atom. The molecule has 0 heterocycles. The van der Waals surface area contributed by atoms with Gasteiger partial charge in [0, 0.05) is 11.6 Å². The molecule has 0 radical (unpaired) electrons. The van der Waals surface area contributed by atoms with Gasteiger partial charge < -0.3 is 24.7 Å². The lowest BCUT2D eigenvalue weighted by Gasteiger charge is -2.13. The number of primary amides is 1. The number of carbonyl (C=O) groups excluding carboxylic acids is 1. The van der Waals surface area contributed by atoms with Gasteiger partial charge in [-0.25, -0.2) is 4.83 Å². The van der Waals surface area contributed by atoms with Crippen molar-refractivity contribution in [3.63, 3.8) is 0 Å². The Hall–Kier alpha value is -4.25. The Labute approximate surface area is 203 Å². The molecule has 0 unspecified atom stereocenters. The number of ether oxygens (including phenoxy) is 4. The number of nitrogens with zero attached hydrogens (tertiary/aromatic N) is 1. The van der Waals surface area contributed by atoms with E-state index in [0.29, 0.717) is 28.4 Å². The highest BCUT2D eigenvalue weighted by molar-refractivity contribution is 7.89. The minimum atomic E-state index is -3.95. The van der Waals surface area contributed by atoms with Crippen LogP contribution in [0.4, 0.5) is 0 Å². The van der Waals surface area contributed by atoms with Gasteiger partial charge in [0.15, 0.2) is 11.5 Å². The molecule has 3 aromatic carbocycles. The number of sulfonamides is 1. The van der Waals surface area contributed by atoms with Crippen LogP contribution in [0.25, 0.3) is 0 Å².